The lowest BCUT2D eigenvalue weighted by Gasteiger charge is -2.24. The molecule has 0 aromatic heterocycles. The normalized spacial score (nSPS) is 13.9. The van der Waals surface area contributed by atoms with Crippen LogP contribution >= 0.6 is 23.2 Å². The third-order valence-electron chi connectivity index (χ3n) is 5.49. The molecule has 0 aliphatic heterocycles. The van der Waals surface area contributed by atoms with E-state index in [-0.39, 0.29) is 12.6 Å². The molecule has 0 saturated heterocycles. The molecule has 2 atom stereocenters. The largest absolute Gasteiger partial charge is 0.353 e. The van der Waals surface area contributed by atoms with E-state index in [0.717, 1.165) is 63.1 Å². The second-order valence-corrected chi connectivity index (χ2v) is 9.25. The fraction of sp³-hybridized carbons (Fsp3) is 0.857. The highest BCUT2D eigenvalue weighted by Crippen LogP contribution is 2.15. The van der Waals surface area contributed by atoms with E-state index in [9.17, 15) is 0 Å². The summed E-state index contributed by atoms with van der Waals surface area (Å²) in [6.45, 7) is 5.34. The first-order valence-electron chi connectivity index (χ1n) is 13.6. The molecule has 0 amide bonds. The van der Waals surface area contributed by atoms with Crippen LogP contribution in [0.3, 0.4) is 0 Å². The first-order chi connectivity index (χ1) is 16.3. The molecule has 0 aliphatic carbocycles. The van der Waals surface area contributed by atoms with E-state index in [1.807, 2.05) is 13.8 Å². The fourth-order valence-corrected chi connectivity index (χ4v) is 4.01. The van der Waals surface area contributed by atoms with Crippen LogP contribution < -0.4 is 0 Å². The monoisotopic (exact) mass is 506 g/mol. The van der Waals surface area contributed by atoms with Gasteiger partial charge in [-0.05, 0) is 65.2 Å². The van der Waals surface area contributed by atoms with Crippen molar-refractivity contribution in [1.29, 1.82) is 0 Å². The van der Waals surface area contributed by atoms with Crippen molar-refractivity contribution in [3.05, 3.63) is 24.3 Å². The van der Waals surface area contributed by atoms with Crippen LogP contribution in [-0.2, 0) is 14.2 Å². The van der Waals surface area contributed by atoms with Crippen LogP contribution in [0.5, 0.6) is 0 Å². The van der Waals surface area contributed by atoms with Crippen molar-refractivity contribution in [3.63, 3.8) is 0 Å². The lowest BCUT2D eigenvalue weighted by atomic mass is 10.1. The lowest BCUT2D eigenvalue weighted by molar-refractivity contribution is -0.246. The molecule has 196 valence electrons. The summed E-state index contributed by atoms with van der Waals surface area (Å²) in [4.78, 5) is 0. The topological polar surface area (TPSA) is 27.7 Å². The van der Waals surface area contributed by atoms with Gasteiger partial charge in [0, 0.05) is 37.8 Å². The standard InChI is InChI=1S/C28H52Cl2O3/c1-3-31-27(23-19-15-11-7-5-9-13-17-21-25-29)33-28(32-4-2)24-20-16-12-8-6-10-14-18-22-26-30/h11-12,15-16,27-28H,3-10,13-14,17-26H2,1-2H3. The van der Waals surface area contributed by atoms with Gasteiger partial charge in [0.2, 0.25) is 0 Å². The molecule has 2 unspecified atom stereocenters. The molecule has 0 aromatic carbocycles. The maximum atomic E-state index is 6.16. The van der Waals surface area contributed by atoms with Gasteiger partial charge in [0.15, 0.2) is 12.6 Å². The number of hydrogen-bond acceptors (Lipinski definition) is 3. The van der Waals surface area contributed by atoms with Gasteiger partial charge in [-0.1, -0.05) is 62.8 Å². The second-order valence-electron chi connectivity index (χ2n) is 8.49. The average Bonchev–Trinajstić information content (AvgIpc) is 2.81. The summed E-state index contributed by atoms with van der Waals surface area (Å²) >= 11 is 11.4. The van der Waals surface area contributed by atoms with Crippen LogP contribution in [0.25, 0.3) is 0 Å². The van der Waals surface area contributed by atoms with E-state index in [1.165, 1.54) is 51.4 Å². The summed E-state index contributed by atoms with van der Waals surface area (Å²) in [6, 6.07) is 0. The van der Waals surface area contributed by atoms with E-state index in [0.29, 0.717) is 13.2 Å². The smallest absolute Gasteiger partial charge is 0.161 e. The quantitative estimate of drug-likeness (QED) is 0.0505. The van der Waals surface area contributed by atoms with E-state index < -0.39 is 0 Å². The number of ether oxygens (including phenoxy) is 3. The Balaban J connectivity index is 4.03. The minimum atomic E-state index is -0.205. The van der Waals surface area contributed by atoms with Gasteiger partial charge in [0.05, 0.1) is 0 Å². The average molecular weight is 508 g/mol. The number of unbranched alkanes of at least 4 members (excludes halogenated alkanes) is 10. The Labute approximate surface area is 215 Å². The van der Waals surface area contributed by atoms with E-state index in [1.54, 1.807) is 0 Å². The van der Waals surface area contributed by atoms with Crippen LogP contribution in [0.4, 0.5) is 0 Å². The van der Waals surface area contributed by atoms with Crippen molar-refractivity contribution in [2.45, 2.75) is 129 Å². The van der Waals surface area contributed by atoms with Gasteiger partial charge in [-0.15, -0.1) is 23.2 Å². The van der Waals surface area contributed by atoms with E-state index in [2.05, 4.69) is 24.3 Å². The summed E-state index contributed by atoms with van der Waals surface area (Å²) < 4.78 is 17.8. The zero-order chi connectivity index (χ0) is 24.2. The molecule has 0 aromatic rings. The van der Waals surface area contributed by atoms with Crippen molar-refractivity contribution >= 4 is 23.2 Å². The molecule has 0 saturated carbocycles. The second kappa shape index (κ2) is 28.2. The van der Waals surface area contributed by atoms with Gasteiger partial charge in [-0.3, -0.25) is 0 Å². The summed E-state index contributed by atoms with van der Waals surface area (Å²) in [6.07, 6.45) is 27.2. The summed E-state index contributed by atoms with van der Waals surface area (Å²) in [5.41, 5.74) is 0. The number of hydrogen-bond donors (Lipinski definition) is 0. The molecule has 3 nitrogen and oxygen atoms in total. The fourth-order valence-electron chi connectivity index (χ4n) is 3.63. The predicted molar refractivity (Wildman–Crippen MR) is 146 cm³/mol. The maximum Gasteiger partial charge on any atom is 0.161 e. The van der Waals surface area contributed by atoms with Crippen molar-refractivity contribution in [3.8, 4) is 0 Å². The number of halogens is 2. The number of allylic oxidation sites excluding steroid dienone is 4. The summed E-state index contributed by atoms with van der Waals surface area (Å²) in [5.74, 6) is 1.58. The molecule has 0 bridgehead atoms. The Kier molecular flexibility index (Phi) is 28.1. The molecule has 0 fully saturated rings. The highest BCUT2D eigenvalue weighted by Gasteiger charge is 2.16. The zero-order valence-corrected chi connectivity index (χ0v) is 23.1. The molecule has 0 heterocycles. The lowest BCUT2D eigenvalue weighted by Crippen LogP contribution is -2.27. The molecule has 0 N–H and O–H groups in total. The van der Waals surface area contributed by atoms with Crippen molar-refractivity contribution < 1.29 is 14.2 Å². The molecular formula is C28H52Cl2O3. The molecule has 0 rings (SSSR count). The van der Waals surface area contributed by atoms with Crippen LogP contribution in [-0.4, -0.2) is 37.6 Å². The van der Waals surface area contributed by atoms with Gasteiger partial charge in [0.25, 0.3) is 0 Å². The van der Waals surface area contributed by atoms with Crippen molar-refractivity contribution in [2.24, 2.45) is 0 Å². The maximum absolute atomic E-state index is 6.16. The van der Waals surface area contributed by atoms with Crippen LogP contribution in [0.2, 0.25) is 0 Å². The van der Waals surface area contributed by atoms with Gasteiger partial charge in [-0.2, -0.15) is 0 Å². The van der Waals surface area contributed by atoms with Crippen LogP contribution in [0, 0.1) is 0 Å². The van der Waals surface area contributed by atoms with E-state index >= 15 is 0 Å². The first kappa shape index (κ1) is 32.9. The highest BCUT2D eigenvalue weighted by molar-refractivity contribution is 6.18. The number of alkyl halides is 2. The third-order valence-corrected chi connectivity index (χ3v) is 6.02. The van der Waals surface area contributed by atoms with Gasteiger partial charge in [-0.25, -0.2) is 0 Å². The predicted octanol–water partition coefficient (Wildman–Crippen LogP) is 9.56. The van der Waals surface area contributed by atoms with Crippen LogP contribution in [0.15, 0.2) is 24.3 Å². The van der Waals surface area contributed by atoms with Crippen molar-refractivity contribution in [1.82, 2.24) is 0 Å². The van der Waals surface area contributed by atoms with Gasteiger partial charge < -0.3 is 14.2 Å². The minimum Gasteiger partial charge on any atom is -0.353 e. The first-order valence-corrected chi connectivity index (χ1v) is 14.7. The van der Waals surface area contributed by atoms with Crippen LogP contribution in [0.1, 0.15) is 117 Å². The zero-order valence-electron chi connectivity index (χ0n) is 21.6. The van der Waals surface area contributed by atoms with Gasteiger partial charge >= 0.3 is 0 Å². The highest BCUT2D eigenvalue weighted by atomic mass is 35.5. The van der Waals surface area contributed by atoms with E-state index in [4.69, 9.17) is 37.4 Å². The summed E-state index contributed by atoms with van der Waals surface area (Å²) in [7, 11) is 0. The molecule has 33 heavy (non-hydrogen) atoms. The van der Waals surface area contributed by atoms with Gasteiger partial charge in [0.1, 0.15) is 0 Å². The number of rotatable bonds is 26. The molecule has 5 heteroatoms. The Morgan fingerprint density at radius 1 is 0.515 bits per heavy atom. The third kappa shape index (κ3) is 24.9. The Morgan fingerprint density at radius 2 is 0.879 bits per heavy atom. The molecule has 0 aliphatic rings. The Bertz CT molecular complexity index is 391. The van der Waals surface area contributed by atoms with Crippen molar-refractivity contribution in [2.75, 3.05) is 25.0 Å². The molecular weight excluding hydrogens is 455 g/mol. The molecule has 0 spiro atoms. The SMILES string of the molecule is CCOC(CCC=CCCCCCCCCl)OC(CCC=CCCCCCCCCl)OCC. The summed E-state index contributed by atoms with van der Waals surface area (Å²) in [5, 5.41) is 0. The Morgan fingerprint density at radius 3 is 1.27 bits per heavy atom. The Hall–Kier alpha value is -0.0600. The molecule has 0 radical (unpaired) electrons. The minimum absolute atomic E-state index is 0.205.